The minimum absolute atomic E-state index is 0.000558. The van der Waals surface area contributed by atoms with Gasteiger partial charge in [-0.2, -0.15) is 5.10 Å². The molecule has 0 bridgehead atoms. The lowest BCUT2D eigenvalue weighted by Crippen LogP contribution is -2.50. The Morgan fingerprint density at radius 3 is 2.60 bits per heavy atom. The van der Waals surface area contributed by atoms with E-state index in [0.29, 0.717) is 24.6 Å². The third kappa shape index (κ3) is 5.03. The maximum atomic E-state index is 14.9. The Morgan fingerprint density at radius 2 is 1.88 bits per heavy atom. The highest BCUT2D eigenvalue weighted by atomic mass is 19.1. The molecule has 1 fully saturated rings. The molecular weight excluding hydrogens is 545 g/mol. The summed E-state index contributed by atoms with van der Waals surface area (Å²) >= 11 is 0. The van der Waals surface area contributed by atoms with Gasteiger partial charge in [0.1, 0.15) is 12.2 Å². The lowest BCUT2D eigenvalue weighted by atomic mass is 10.1. The van der Waals surface area contributed by atoms with Crippen molar-refractivity contribution in [3.8, 4) is 11.3 Å². The van der Waals surface area contributed by atoms with Crippen molar-refractivity contribution < 1.29 is 23.5 Å². The van der Waals surface area contributed by atoms with E-state index in [1.165, 1.54) is 16.1 Å². The smallest absolute Gasteiger partial charge is 0.327 e. The number of esters is 1. The number of fused-ring (bicyclic) bond motifs is 1. The number of rotatable bonds is 8. The Balaban J connectivity index is 1.19. The molecule has 1 saturated heterocycles. The summed E-state index contributed by atoms with van der Waals surface area (Å²) in [6, 6.07) is 9.61. The second-order valence-corrected chi connectivity index (χ2v) is 9.66. The zero-order chi connectivity index (χ0) is 29.2. The van der Waals surface area contributed by atoms with Crippen molar-refractivity contribution in [2.24, 2.45) is 0 Å². The summed E-state index contributed by atoms with van der Waals surface area (Å²) in [5.74, 6) is -2.27. The monoisotopic (exact) mass is 573 g/mol. The predicted octanol–water partition coefficient (Wildman–Crippen LogP) is 1.96. The van der Waals surface area contributed by atoms with E-state index in [1.54, 1.807) is 30.2 Å². The van der Waals surface area contributed by atoms with Crippen molar-refractivity contribution in [3.63, 3.8) is 0 Å². The minimum Gasteiger partial charge on any atom is -0.465 e. The van der Waals surface area contributed by atoms with Crippen LogP contribution < -0.4 is 20.9 Å². The van der Waals surface area contributed by atoms with Crippen molar-refractivity contribution in [1.29, 1.82) is 0 Å². The highest BCUT2D eigenvalue weighted by Gasteiger charge is 2.31. The number of nitrogens with one attached hydrogen (secondary N) is 3. The van der Waals surface area contributed by atoms with Gasteiger partial charge in [0.2, 0.25) is 0 Å². The van der Waals surface area contributed by atoms with Crippen LogP contribution in [0.4, 0.5) is 15.9 Å². The largest absolute Gasteiger partial charge is 0.465 e. The number of piperazine rings is 1. The van der Waals surface area contributed by atoms with E-state index in [-0.39, 0.29) is 48.7 Å². The van der Waals surface area contributed by atoms with Crippen LogP contribution in [0, 0.1) is 5.82 Å². The summed E-state index contributed by atoms with van der Waals surface area (Å²) in [6.07, 6.45) is 7.43. The lowest BCUT2D eigenvalue weighted by Gasteiger charge is -2.35. The van der Waals surface area contributed by atoms with Crippen LogP contribution >= 0.6 is 0 Å². The van der Waals surface area contributed by atoms with Gasteiger partial charge in [0.05, 0.1) is 35.0 Å². The zero-order valence-electron chi connectivity index (χ0n) is 22.7. The first kappa shape index (κ1) is 27.0. The molecule has 42 heavy (non-hydrogen) atoms. The molecule has 6 rings (SSSR count). The van der Waals surface area contributed by atoms with Gasteiger partial charge in [-0.25, -0.2) is 14.4 Å². The fraction of sp³-hybridized carbons (Fsp3) is 0.250. The number of amides is 1. The Bertz CT molecular complexity index is 1680. The summed E-state index contributed by atoms with van der Waals surface area (Å²) in [5.41, 5.74) is 8.21. The van der Waals surface area contributed by atoms with Crippen LogP contribution in [0.15, 0.2) is 61.3 Å². The predicted molar refractivity (Wildman–Crippen MR) is 151 cm³/mol. The van der Waals surface area contributed by atoms with E-state index < -0.39 is 17.5 Å². The number of halogens is 1. The molecule has 0 unspecified atom stereocenters. The van der Waals surface area contributed by atoms with Crippen LogP contribution in [0.2, 0.25) is 0 Å². The summed E-state index contributed by atoms with van der Waals surface area (Å²) in [7, 11) is 0. The summed E-state index contributed by atoms with van der Waals surface area (Å²) in [6.45, 7) is 3.40. The van der Waals surface area contributed by atoms with Crippen molar-refractivity contribution in [3.05, 3.63) is 72.7 Å². The number of nitrogens with zero attached hydrogens (tertiary/aromatic N) is 6. The van der Waals surface area contributed by atoms with Crippen molar-refractivity contribution in [2.45, 2.75) is 13.5 Å². The van der Waals surface area contributed by atoms with E-state index in [0.717, 1.165) is 17.4 Å². The summed E-state index contributed by atoms with van der Waals surface area (Å²) in [5, 5.41) is 6.17. The molecule has 0 saturated carbocycles. The van der Waals surface area contributed by atoms with Gasteiger partial charge in [-0.3, -0.25) is 19.1 Å². The molecule has 0 atom stereocenters. The highest BCUT2D eigenvalue weighted by molar-refractivity contribution is 6.45. The number of hydrogen-bond acceptors (Lipinski definition) is 10. The van der Waals surface area contributed by atoms with Crippen molar-refractivity contribution in [1.82, 2.24) is 35.6 Å². The number of ether oxygens (including phenoxy) is 1. The number of anilines is 2. The number of hydrogen-bond donors (Lipinski definition) is 3. The van der Waals surface area contributed by atoms with Gasteiger partial charge in [0.25, 0.3) is 11.7 Å². The van der Waals surface area contributed by atoms with Gasteiger partial charge in [-0.1, -0.05) is 30.3 Å². The van der Waals surface area contributed by atoms with Crippen LogP contribution in [0.1, 0.15) is 17.3 Å². The van der Waals surface area contributed by atoms with Crippen LogP contribution in [0.3, 0.4) is 0 Å². The van der Waals surface area contributed by atoms with Crippen LogP contribution in [0.5, 0.6) is 0 Å². The van der Waals surface area contributed by atoms with E-state index in [2.05, 4.69) is 30.9 Å². The van der Waals surface area contributed by atoms with Gasteiger partial charge in [0.15, 0.2) is 11.6 Å². The van der Waals surface area contributed by atoms with Crippen LogP contribution in [0.25, 0.3) is 22.2 Å². The number of pyridine rings is 1. The van der Waals surface area contributed by atoms with Gasteiger partial charge < -0.3 is 24.9 Å². The number of aromatic nitrogens is 4. The molecule has 1 amide bonds. The fourth-order valence-corrected chi connectivity index (χ4v) is 5.11. The topological polar surface area (TPSA) is 141 Å². The molecule has 2 aliphatic rings. The molecule has 1 aromatic carbocycles. The number of hydrazine groups is 2. The first-order chi connectivity index (χ1) is 20.4. The first-order valence-corrected chi connectivity index (χ1v) is 13.4. The minimum atomic E-state index is -0.805. The molecule has 3 aromatic heterocycles. The number of carbonyl (C=O) groups is 3. The Hall–Kier alpha value is -5.24. The summed E-state index contributed by atoms with van der Waals surface area (Å²) < 4.78 is 21.5. The molecular formula is C28H28FN9O4. The Kier molecular flexibility index (Phi) is 7.27. The van der Waals surface area contributed by atoms with Crippen molar-refractivity contribution in [2.75, 3.05) is 42.7 Å². The van der Waals surface area contributed by atoms with Gasteiger partial charge >= 0.3 is 5.97 Å². The average Bonchev–Trinajstić information content (AvgIpc) is 3.78. The number of Topliss-reactive ketones (excluding diaryl/α,β-unsaturated/α-hetero) is 1. The molecule has 2 aliphatic heterocycles. The molecule has 0 radical (unpaired) electrons. The third-order valence-electron chi connectivity index (χ3n) is 7.10. The first-order valence-electron chi connectivity index (χ1n) is 13.4. The Morgan fingerprint density at radius 1 is 1.10 bits per heavy atom. The molecule has 0 aliphatic carbocycles. The third-order valence-corrected chi connectivity index (χ3v) is 7.10. The Labute approximate surface area is 239 Å². The quantitative estimate of drug-likeness (QED) is 0.163. The van der Waals surface area contributed by atoms with Gasteiger partial charge in [-0.05, 0) is 6.92 Å². The van der Waals surface area contributed by atoms with E-state index in [4.69, 9.17) is 4.74 Å². The van der Waals surface area contributed by atoms with E-state index in [9.17, 15) is 18.8 Å². The van der Waals surface area contributed by atoms with Crippen LogP contribution in [-0.2, 0) is 20.9 Å². The van der Waals surface area contributed by atoms with Crippen LogP contribution in [-0.4, -0.2) is 75.1 Å². The van der Waals surface area contributed by atoms with Gasteiger partial charge in [-0.15, -0.1) is 5.53 Å². The maximum absolute atomic E-state index is 14.9. The number of aromatic amines is 1. The molecule has 0 spiro atoms. The van der Waals surface area contributed by atoms with E-state index >= 15 is 0 Å². The zero-order valence-corrected chi connectivity index (χ0v) is 22.7. The molecule has 13 nitrogen and oxygen atoms in total. The summed E-state index contributed by atoms with van der Waals surface area (Å²) in [4.78, 5) is 49.3. The van der Waals surface area contributed by atoms with Gasteiger partial charge in [0, 0.05) is 56.5 Å². The standard InChI is InChI=1S/C28H28FN9O4/c1-2-42-22(39)17-37-16-21(24(33-37)18-6-4-3-5-7-18)35-10-12-36(13-11-35)28(41)26(40)19-14-30-25-23(19)20(29)15-31-27(25)38-9-8-32-34-38/h3-9,14-16,30,32,34H,2,10-13,17H2,1H3. The molecule has 216 valence electrons. The fourth-order valence-electron chi connectivity index (χ4n) is 5.11. The molecule has 3 N–H and O–H groups in total. The normalized spacial score (nSPS) is 14.9. The SMILES string of the molecule is CCOC(=O)Cn1cc(N2CCN(C(=O)C(=O)c3c[nH]c4c(N5C=CNN5)ncc(F)c34)CC2)c(-c2ccccc2)n1. The van der Waals surface area contributed by atoms with Crippen molar-refractivity contribution >= 4 is 40.1 Å². The average molecular weight is 574 g/mol. The second-order valence-electron chi connectivity index (χ2n) is 9.66. The van der Waals surface area contributed by atoms with E-state index in [1.807, 2.05) is 30.3 Å². The second kappa shape index (κ2) is 11.3. The number of benzene rings is 1. The maximum Gasteiger partial charge on any atom is 0.327 e. The lowest BCUT2D eigenvalue weighted by molar-refractivity contribution is -0.144. The highest BCUT2D eigenvalue weighted by Crippen LogP contribution is 2.32. The molecule has 4 aromatic rings. The number of ketones is 1. The number of carbonyl (C=O) groups excluding carboxylic acids is 3. The molecule has 5 heterocycles. The number of H-pyrrole nitrogens is 1. The molecule has 14 heteroatoms.